The highest BCUT2D eigenvalue weighted by Crippen LogP contribution is 2.32. The fraction of sp³-hybridized carbons (Fsp3) is 0.417. The summed E-state index contributed by atoms with van der Waals surface area (Å²) in [5.41, 5.74) is 3.43. The number of hydrogen-bond donors (Lipinski definition) is 1. The van der Waals surface area contributed by atoms with Gasteiger partial charge in [0.15, 0.2) is 0 Å². The van der Waals surface area contributed by atoms with Gasteiger partial charge in [-0.3, -0.25) is 0 Å². The third-order valence-corrected chi connectivity index (χ3v) is 6.16. The van der Waals surface area contributed by atoms with Gasteiger partial charge in [-0.1, -0.05) is 30.3 Å². The lowest BCUT2D eigenvalue weighted by Crippen LogP contribution is -2.40. The monoisotopic (exact) mass is 407 g/mol. The molecule has 2 aromatic carbocycles. The van der Waals surface area contributed by atoms with Crippen molar-refractivity contribution in [3.63, 3.8) is 0 Å². The Hall–Kier alpha value is -3.02. The van der Waals surface area contributed by atoms with Gasteiger partial charge in [-0.15, -0.1) is 0 Å². The molecule has 30 heavy (non-hydrogen) atoms. The fourth-order valence-corrected chi connectivity index (χ4v) is 4.45. The van der Waals surface area contributed by atoms with Crippen LogP contribution in [-0.2, 0) is 4.74 Å². The highest BCUT2D eigenvalue weighted by molar-refractivity contribution is 5.97. The summed E-state index contributed by atoms with van der Waals surface area (Å²) in [5.74, 6) is 0.0974. The molecule has 0 saturated carbocycles. The molecule has 2 aromatic rings. The molecule has 158 valence electrons. The number of carbonyl (C=O) groups excluding carboxylic acids is 2. The molecule has 4 rings (SSSR count). The first-order valence-electron chi connectivity index (χ1n) is 10.7. The SMILES string of the molecule is COC(=O)c1ccc(N2CCCC2)c(NC(=O)N2CCC(c3ccccc3)CC2)c1. The van der Waals surface area contributed by atoms with E-state index in [0.29, 0.717) is 17.2 Å². The van der Waals surface area contributed by atoms with Crippen LogP contribution in [0.4, 0.5) is 16.2 Å². The van der Waals surface area contributed by atoms with Crippen LogP contribution in [-0.4, -0.2) is 50.2 Å². The topological polar surface area (TPSA) is 61.9 Å². The van der Waals surface area contributed by atoms with E-state index in [1.165, 1.54) is 12.7 Å². The van der Waals surface area contributed by atoms with E-state index in [-0.39, 0.29) is 6.03 Å². The Labute approximate surface area is 177 Å². The first-order valence-corrected chi connectivity index (χ1v) is 10.7. The normalized spacial score (nSPS) is 17.1. The zero-order valence-electron chi connectivity index (χ0n) is 17.5. The molecule has 0 atom stereocenters. The molecule has 0 radical (unpaired) electrons. The molecule has 2 fully saturated rings. The lowest BCUT2D eigenvalue weighted by molar-refractivity contribution is 0.0600. The highest BCUT2D eigenvalue weighted by Gasteiger charge is 2.25. The van der Waals surface area contributed by atoms with Crippen molar-refractivity contribution in [3.05, 3.63) is 59.7 Å². The number of methoxy groups -OCH3 is 1. The molecule has 0 aromatic heterocycles. The number of nitrogens with one attached hydrogen (secondary N) is 1. The van der Waals surface area contributed by atoms with Gasteiger partial charge in [0.2, 0.25) is 0 Å². The number of esters is 1. The van der Waals surface area contributed by atoms with Crippen LogP contribution in [0.5, 0.6) is 0 Å². The average molecular weight is 408 g/mol. The molecule has 2 saturated heterocycles. The van der Waals surface area contributed by atoms with E-state index >= 15 is 0 Å². The molecule has 6 heteroatoms. The van der Waals surface area contributed by atoms with Crippen molar-refractivity contribution in [1.29, 1.82) is 0 Å². The molecular weight excluding hydrogens is 378 g/mol. The third-order valence-electron chi connectivity index (χ3n) is 6.16. The largest absolute Gasteiger partial charge is 0.465 e. The molecule has 6 nitrogen and oxygen atoms in total. The standard InChI is InChI=1S/C24H29N3O3/c1-30-23(28)20-9-10-22(26-13-5-6-14-26)21(17-20)25-24(29)27-15-11-19(12-16-27)18-7-3-2-4-8-18/h2-4,7-10,17,19H,5-6,11-16H2,1H3,(H,25,29). The fourth-order valence-electron chi connectivity index (χ4n) is 4.45. The Morgan fingerprint density at radius 3 is 2.33 bits per heavy atom. The smallest absolute Gasteiger partial charge is 0.337 e. The summed E-state index contributed by atoms with van der Waals surface area (Å²) < 4.78 is 4.86. The Bertz CT molecular complexity index is 886. The maximum atomic E-state index is 13.0. The quantitative estimate of drug-likeness (QED) is 0.759. The maximum absolute atomic E-state index is 13.0. The Morgan fingerprint density at radius 1 is 0.967 bits per heavy atom. The molecule has 2 aliphatic rings. The first kappa shape index (κ1) is 20.3. The second-order valence-corrected chi connectivity index (χ2v) is 8.02. The van der Waals surface area contributed by atoms with Gasteiger partial charge in [-0.2, -0.15) is 0 Å². The van der Waals surface area contributed by atoms with Gasteiger partial charge in [-0.05, 0) is 55.4 Å². The van der Waals surface area contributed by atoms with Gasteiger partial charge in [0.25, 0.3) is 0 Å². The Balaban J connectivity index is 1.46. The summed E-state index contributed by atoms with van der Waals surface area (Å²) in [6.45, 7) is 3.37. The van der Waals surface area contributed by atoms with E-state index in [9.17, 15) is 9.59 Å². The highest BCUT2D eigenvalue weighted by atomic mass is 16.5. The zero-order valence-corrected chi connectivity index (χ0v) is 17.5. The van der Waals surface area contributed by atoms with Crippen LogP contribution in [0.1, 0.15) is 47.5 Å². The molecule has 0 aliphatic carbocycles. The molecule has 2 heterocycles. The van der Waals surface area contributed by atoms with Crippen LogP contribution in [0.2, 0.25) is 0 Å². The minimum Gasteiger partial charge on any atom is -0.465 e. The molecular formula is C24H29N3O3. The van der Waals surface area contributed by atoms with E-state index < -0.39 is 5.97 Å². The second kappa shape index (κ2) is 9.20. The summed E-state index contributed by atoms with van der Waals surface area (Å²) in [6, 6.07) is 15.8. The minimum atomic E-state index is -0.401. The predicted octanol–water partition coefficient (Wildman–Crippen LogP) is 4.48. The summed E-state index contributed by atoms with van der Waals surface area (Å²) in [4.78, 5) is 29.1. The number of urea groups is 1. The van der Waals surface area contributed by atoms with E-state index in [1.54, 1.807) is 12.1 Å². The van der Waals surface area contributed by atoms with E-state index in [4.69, 9.17) is 4.74 Å². The van der Waals surface area contributed by atoms with Crippen molar-refractivity contribution in [2.45, 2.75) is 31.6 Å². The van der Waals surface area contributed by atoms with Crippen LogP contribution < -0.4 is 10.2 Å². The van der Waals surface area contributed by atoms with Crippen molar-refractivity contribution in [1.82, 2.24) is 4.90 Å². The summed E-state index contributed by atoms with van der Waals surface area (Å²) in [6.07, 6.45) is 4.19. The van der Waals surface area contributed by atoms with Gasteiger partial charge in [0, 0.05) is 26.2 Å². The van der Waals surface area contributed by atoms with Crippen molar-refractivity contribution in [2.24, 2.45) is 0 Å². The number of piperidine rings is 1. The van der Waals surface area contributed by atoms with E-state index in [1.807, 2.05) is 17.0 Å². The number of carbonyl (C=O) groups is 2. The third kappa shape index (κ3) is 4.42. The molecule has 0 unspecified atom stereocenters. The van der Waals surface area contributed by atoms with Crippen molar-refractivity contribution >= 4 is 23.4 Å². The summed E-state index contributed by atoms with van der Waals surface area (Å²) in [7, 11) is 1.37. The van der Waals surface area contributed by atoms with E-state index in [0.717, 1.165) is 57.5 Å². The predicted molar refractivity (Wildman–Crippen MR) is 118 cm³/mol. The van der Waals surface area contributed by atoms with Gasteiger partial charge in [0.05, 0.1) is 24.0 Å². The average Bonchev–Trinajstić information content (AvgIpc) is 3.34. The van der Waals surface area contributed by atoms with Crippen LogP contribution in [0.3, 0.4) is 0 Å². The maximum Gasteiger partial charge on any atom is 0.337 e. The summed E-state index contributed by atoms with van der Waals surface area (Å²) >= 11 is 0. The van der Waals surface area contributed by atoms with E-state index in [2.05, 4.69) is 34.5 Å². The zero-order chi connectivity index (χ0) is 20.9. The number of benzene rings is 2. The van der Waals surface area contributed by atoms with Gasteiger partial charge in [0.1, 0.15) is 0 Å². The number of likely N-dealkylation sites (tertiary alicyclic amines) is 1. The first-order chi connectivity index (χ1) is 14.7. The number of hydrogen-bond acceptors (Lipinski definition) is 4. The molecule has 1 N–H and O–H groups in total. The molecule has 0 bridgehead atoms. The number of ether oxygens (including phenoxy) is 1. The Kier molecular flexibility index (Phi) is 6.21. The minimum absolute atomic E-state index is 0.107. The molecule has 2 amide bonds. The number of rotatable bonds is 4. The van der Waals surface area contributed by atoms with Gasteiger partial charge < -0.3 is 19.9 Å². The second-order valence-electron chi connectivity index (χ2n) is 8.02. The van der Waals surface area contributed by atoms with Crippen molar-refractivity contribution < 1.29 is 14.3 Å². The van der Waals surface area contributed by atoms with Gasteiger partial charge >= 0.3 is 12.0 Å². The number of nitrogens with zero attached hydrogens (tertiary/aromatic N) is 2. The van der Waals surface area contributed by atoms with Crippen molar-refractivity contribution in [2.75, 3.05) is 43.5 Å². The molecule has 0 spiro atoms. The number of anilines is 2. The van der Waals surface area contributed by atoms with Crippen LogP contribution in [0.15, 0.2) is 48.5 Å². The lowest BCUT2D eigenvalue weighted by Gasteiger charge is -2.33. The van der Waals surface area contributed by atoms with Crippen molar-refractivity contribution in [3.8, 4) is 0 Å². The van der Waals surface area contributed by atoms with Crippen LogP contribution >= 0.6 is 0 Å². The van der Waals surface area contributed by atoms with Gasteiger partial charge in [-0.25, -0.2) is 9.59 Å². The number of amides is 2. The lowest BCUT2D eigenvalue weighted by atomic mass is 9.90. The Morgan fingerprint density at radius 2 is 1.67 bits per heavy atom. The summed E-state index contributed by atoms with van der Waals surface area (Å²) in [5, 5.41) is 3.07. The molecule has 2 aliphatic heterocycles. The van der Waals surface area contributed by atoms with Crippen LogP contribution in [0.25, 0.3) is 0 Å². The van der Waals surface area contributed by atoms with Crippen LogP contribution in [0, 0.1) is 0 Å².